The summed E-state index contributed by atoms with van der Waals surface area (Å²) >= 11 is 0. The van der Waals surface area contributed by atoms with E-state index in [9.17, 15) is 9.59 Å². The van der Waals surface area contributed by atoms with Gasteiger partial charge < -0.3 is 24.8 Å². The minimum absolute atomic E-state index is 0.0650. The van der Waals surface area contributed by atoms with E-state index in [4.69, 9.17) is 9.72 Å². The Balaban J connectivity index is 1.66. The van der Waals surface area contributed by atoms with Crippen molar-refractivity contribution >= 4 is 35.0 Å². The molecule has 9 heteroatoms. The fourth-order valence-electron chi connectivity index (χ4n) is 3.86. The quantitative estimate of drug-likeness (QED) is 0.789. The highest BCUT2D eigenvalue weighted by Crippen LogP contribution is 2.37. The number of nitrogens with zero attached hydrogens (tertiary/aromatic N) is 5. The summed E-state index contributed by atoms with van der Waals surface area (Å²) in [6.45, 7) is 0.655. The number of hydrogen-bond acceptors (Lipinski definition) is 7. The van der Waals surface area contributed by atoms with E-state index < -0.39 is 0 Å². The molecule has 0 saturated heterocycles. The van der Waals surface area contributed by atoms with Gasteiger partial charge in [0.05, 0.1) is 19.0 Å². The summed E-state index contributed by atoms with van der Waals surface area (Å²) in [6.07, 6.45) is 5.57. The molecule has 164 valence electrons. The van der Waals surface area contributed by atoms with Crippen LogP contribution in [0.1, 0.15) is 36.0 Å². The average molecular weight is 425 g/mol. The number of rotatable bonds is 5. The van der Waals surface area contributed by atoms with E-state index in [-0.39, 0.29) is 11.8 Å². The Morgan fingerprint density at radius 3 is 2.71 bits per heavy atom. The molecule has 0 spiro atoms. The van der Waals surface area contributed by atoms with Crippen molar-refractivity contribution in [1.82, 2.24) is 14.9 Å². The second-order valence-electron chi connectivity index (χ2n) is 8.12. The van der Waals surface area contributed by atoms with Crippen LogP contribution in [0.4, 0.5) is 23.1 Å². The van der Waals surface area contributed by atoms with Crippen LogP contribution in [0.3, 0.4) is 0 Å². The van der Waals surface area contributed by atoms with E-state index in [0.717, 1.165) is 24.3 Å². The minimum atomic E-state index is -0.102. The zero-order chi connectivity index (χ0) is 22.1. The Hall–Kier alpha value is -3.36. The largest absolute Gasteiger partial charge is 0.495 e. The number of aromatic nitrogens is 2. The van der Waals surface area contributed by atoms with Crippen LogP contribution in [-0.4, -0.2) is 67.5 Å². The van der Waals surface area contributed by atoms with E-state index in [0.29, 0.717) is 42.0 Å². The van der Waals surface area contributed by atoms with Crippen LogP contribution in [0.2, 0.25) is 0 Å². The summed E-state index contributed by atoms with van der Waals surface area (Å²) in [5, 5.41) is 3.21. The highest BCUT2D eigenvalue weighted by Gasteiger charge is 2.33. The van der Waals surface area contributed by atoms with Crippen LogP contribution < -0.4 is 19.9 Å². The molecule has 2 aliphatic rings. The maximum absolute atomic E-state index is 12.4. The molecule has 1 saturated carbocycles. The Kier molecular flexibility index (Phi) is 5.67. The number of carbonyl (C=O) groups is 2. The standard InChI is InChI=1S/C22H28N6O3/c1-26(2)21(30)14-8-9-16(18(12-14)31-4)24-22-23-13-17-20(25-22)28(15-6-5-7-15)11-10-19(29)27(17)3/h8-9,12-13,15H,5-7,10-11H2,1-4H3,(H,23,24,25). The average Bonchev–Trinajstić information content (AvgIpc) is 2.84. The molecule has 4 rings (SSSR count). The van der Waals surface area contributed by atoms with E-state index in [2.05, 4.69) is 15.2 Å². The molecule has 1 aliphatic heterocycles. The number of benzene rings is 1. The topological polar surface area (TPSA) is 90.9 Å². The lowest BCUT2D eigenvalue weighted by Crippen LogP contribution is -2.41. The summed E-state index contributed by atoms with van der Waals surface area (Å²) in [7, 11) is 6.74. The number of carbonyl (C=O) groups excluding carboxylic acids is 2. The fourth-order valence-corrected chi connectivity index (χ4v) is 3.86. The molecule has 2 aromatic rings. The van der Waals surface area contributed by atoms with Crippen molar-refractivity contribution in [3.63, 3.8) is 0 Å². The molecule has 1 N–H and O–H groups in total. The predicted molar refractivity (Wildman–Crippen MR) is 119 cm³/mol. The molecule has 1 fully saturated rings. The molecule has 1 aliphatic carbocycles. The molecular weight excluding hydrogens is 396 g/mol. The zero-order valence-corrected chi connectivity index (χ0v) is 18.4. The molecular formula is C22H28N6O3. The van der Waals surface area contributed by atoms with Gasteiger partial charge in [0.15, 0.2) is 5.82 Å². The Labute approximate surface area is 182 Å². The third kappa shape index (κ3) is 3.99. The molecule has 1 aromatic heterocycles. The molecule has 0 unspecified atom stereocenters. The van der Waals surface area contributed by atoms with Gasteiger partial charge in [-0.25, -0.2) is 4.98 Å². The van der Waals surface area contributed by atoms with E-state index in [1.807, 2.05) is 0 Å². The van der Waals surface area contributed by atoms with Gasteiger partial charge >= 0.3 is 0 Å². The lowest BCUT2D eigenvalue weighted by molar-refractivity contribution is -0.118. The maximum atomic E-state index is 12.4. The summed E-state index contributed by atoms with van der Waals surface area (Å²) in [6, 6.07) is 5.63. The molecule has 0 atom stereocenters. The smallest absolute Gasteiger partial charge is 0.253 e. The highest BCUT2D eigenvalue weighted by atomic mass is 16.5. The van der Waals surface area contributed by atoms with Crippen molar-refractivity contribution in [2.24, 2.45) is 0 Å². The van der Waals surface area contributed by atoms with Crippen molar-refractivity contribution in [2.75, 3.05) is 49.9 Å². The Bertz CT molecular complexity index is 1000. The summed E-state index contributed by atoms with van der Waals surface area (Å²) in [4.78, 5) is 39.3. The molecule has 1 aromatic carbocycles. The first-order chi connectivity index (χ1) is 14.9. The number of amides is 2. The normalized spacial score (nSPS) is 16.3. The third-order valence-corrected chi connectivity index (χ3v) is 5.94. The minimum Gasteiger partial charge on any atom is -0.495 e. The second kappa shape index (κ2) is 8.41. The molecule has 9 nitrogen and oxygen atoms in total. The number of ether oxygens (including phenoxy) is 1. The molecule has 31 heavy (non-hydrogen) atoms. The van der Waals surface area contributed by atoms with Crippen molar-refractivity contribution in [3.05, 3.63) is 30.0 Å². The number of methoxy groups -OCH3 is 1. The molecule has 2 heterocycles. The van der Waals surface area contributed by atoms with E-state index in [1.54, 1.807) is 57.5 Å². The second-order valence-corrected chi connectivity index (χ2v) is 8.12. The Morgan fingerprint density at radius 2 is 2.06 bits per heavy atom. The van der Waals surface area contributed by atoms with Gasteiger partial charge in [-0.15, -0.1) is 0 Å². The molecule has 2 amide bonds. The number of hydrogen-bond donors (Lipinski definition) is 1. The lowest BCUT2D eigenvalue weighted by atomic mass is 9.91. The van der Waals surface area contributed by atoms with Crippen molar-refractivity contribution in [1.29, 1.82) is 0 Å². The van der Waals surface area contributed by atoms with Crippen LogP contribution in [0, 0.1) is 0 Å². The van der Waals surface area contributed by atoms with Crippen LogP contribution in [0.15, 0.2) is 24.4 Å². The van der Waals surface area contributed by atoms with Crippen LogP contribution in [0.5, 0.6) is 5.75 Å². The fraction of sp³-hybridized carbons (Fsp3) is 0.455. The van der Waals surface area contributed by atoms with Crippen LogP contribution >= 0.6 is 0 Å². The van der Waals surface area contributed by atoms with Crippen LogP contribution in [0.25, 0.3) is 0 Å². The third-order valence-electron chi connectivity index (χ3n) is 5.94. The van der Waals surface area contributed by atoms with Crippen molar-refractivity contribution in [2.45, 2.75) is 31.7 Å². The first kappa shape index (κ1) is 20.9. The van der Waals surface area contributed by atoms with Gasteiger partial charge in [0.25, 0.3) is 5.91 Å². The first-order valence-electron chi connectivity index (χ1n) is 10.5. The van der Waals surface area contributed by atoms with Crippen molar-refractivity contribution in [3.8, 4) is 5.75 Å². The van der Waals surface area contributed by atoms with Gasteiger partial charge in [-0.05, 0) is 37.5 Å². The van der Waals surface area contributed by atoms with E-state index in [1.165, 1.54) is 11.3 Å². The maximum Gasteiger partial charge on any atom is 0.253 e. The monoisotopic (exact) mass is 424 g/mol. The molecule has 0 bridgehead atoms. The highest BCUT2D eigenvalue weighted by molar-refractivity contribution is 5.97. The number of nitrogens with one attached hydrogen (secondary N) is 1. The number of anilines is 4. The zero-order valence-electron chi connectivity index (χ0n) is 18.4. The summed E-state index contributed by atoms with van der Waals surface area (Å²) in [5.74, 6) is 1.67. The van der Waals surface area contributed by atoms with E-state index >= 15 is 0 Å². The van der Waals surface area contributed by atoms with Gasteiger partial charge in [0, 0.05) is 45.7 Å². The van der Waals surface area contributed by atoms with Crippen molar-refractivity contribution < 1.29 is 14.3 Å². The predicted octanol–water partition coefficient (Wildman–Crippen LogP) is 2.66. The van der Waals surface area contributed by atoms with Gasteiger partial charge in [0.1, 0.15) is 11.4 Å². The van der Waals surface area contributed by atoms with Crippen LogP contribution in [-0.2, 0) is 4.79 Å². The molecule has 0 radical (unpaired) electrons. The summed E-state index contributed by atoms with van der Waals surface area (Å²) in [5.41, 5.74) is 1.91. The lowest BCUT2D eigenvalue weighted by Gasteiger charge is -2.38. The number of fused-ring (bicyclic) bond motifs is 1. The first-order valence-corrected chi connectivity index (χ1v) is 10.5. The van der Waals surface area contributed by atoms with Gasteiger partial charge in [0.2, 0.25) is 11.9 Å². The summed E-state index contributed by atoms with van der Waals surface area (Å²) < 4.78 is 5.49. The Morgan fingerprint density at radius 1 is 1.29 bits per heavy atom. The SMILES string of the molecule is COc1cc(C(=O)N(C)C)ccc1Nc1ncc2c(n1)N(C1CCC1)CCC(=O)N2C. The van der Waals surface area contributed by atoms with Gasteiger partial charge in [-0.2, -0.15) is 4.98 Å². The van der Waals surface area contributed by atoms with Gasteiger partial charge in [-0.1, -0.05) is 0 Å². The van der Waals surface area contributed by atoms with Gasteiger partial charge in [-0.3, -0.25) is 9.59 Å².